The summed E-state index contributed by atoms with van der Waals surface area (Å²) in [6.07, 6.45) is 5.90. The standard InChI is InChI=1S/C18H23N3O/c1-13-8-14(2)17-11-21(7-6-15(17)9-13)18(22)5-4-16-10-19-12-20(16)3/h8-10,12H,4-7,11H2,1-3H3. The topological polar surface area (TPSA) is 38.1 Å². The number of fused-ring (bicyclic) bond motifs is 1. The summed E-state index contributed by atoms with van der Waals surface area (Å²) in [6.45, 7) is 5.87. The molecule has 1 aromatic carbocycles. The van der Waals surface area contributed by atoms with E-state index in [9.17, 15) is 4.79 Å². The van der Waals surface area contributed by atoms with Crippen LogP contribution in [0, 0.1) is 13.8 Å². The van der Waals surface area contributed by atoms with Crippen LogP contribution in [-0.4, -0.2) is 26.9 Å². The number of carbonyl (C=O) groups is 1. The van der Waals surface area contributed by atoms with E-state index in [4.69, 9.17) is 0 Å². The zero-order valence-electron chi connectivity index (χ0n) is 13.6. The summed E-state index contributed by atoms with van der Waals surface area (Å²) in [5, 5.41) is 0. The third kappa shape index (κ3) is 2.91. The van der Waals surface area contributed by atoms with Gasteiger partial charge in [0, 0.05) is 38.4 Å². The van der Waals surface area contributed by atoms with Gasteiger partial charge in [0.15, 0.2) is 0 Å². The molecule has 3 rings (SSSR count). The van der Waals surface area contributed by atoms with Crippen LogP contribution in [0.5, 0.6) is 0 Å². The number of nitrogens with zero attached hydrogens (tertiary/aromatic N) is 3. The molecule has 0 fully saturated rings. The fraction of sp³-hybridized carbons (Fsp3) is 0.444. The average molecular weight is 297 g/mol. The molecule has 0 aliphatic carbocycles. The number of hydrogen-bond donors (Lipinski definition) is 0. The van der Waals surface area contributed by atoms with E-state index in [-0.39, 0.29) is 5.91 Å². The van der Waals surface area contributed by atoms with Crippen LogP contribution in [0.2, 0.25) is 0 Å². The number of imidazole rings is 1. The Morgan fingerprint density at radius 3 is 2.86 bits per heavy atom. The van der Waals surface area contributed by atoms with E-state index in [1.165, 1.54) is 22.3 Å². The maximum atomic E-state index is 12.5. The van der Waals surface area contributed by atoms with E-state index in [1.54, 1.807) is 6.33 Å². The predicted molar refractivity (Wildman–Crippen MR) is 86.6 cm³/mol. The van der Waals surface area contributed by atoms with Crippen molar-refractivity contribution in [3.05, 3.63) is 52.6 Å². The molecular formula is C18H23N3O. The normalized spacial score (nSPS) is 14.0. The molecule has 1 aromatic heterocycles. The summed E-state index contributed by atoms with van der Waals surface area (Å²) in [5.74, 6) is 0.242. The Bertz CT molecular complexity index is 702. The van der Waals surface area contributed by atoms with Crippen molar-refractivity contribution in [1.82, 2.24) is 14.5 Å². The van der Waals surface area contributed by atoms with Crippen molar-refractivity contribution in [3.8, 4) is 0 Å². The van der Waals surface area contributed by atoms with Gasteiger partial charge in [-0.2, -0.15) is 0 Å². The van der Waals surface area contributed by atoms with Crippen LogP contribution in [0.1, 0.15) is 34.4 Å². The highest BCUT2D eigenvalue weighted by Crippen LogP contribution is 2.24. The molecule has 0 N–H and O–H groups in total. The third-order valence-corrected chi connectivity index (χ3v) is 4.57. The zero-order chi connectivity index (χ0) is 15.7. The van der Waals surface area contributed by atoms with Crippen LogP contribution in [0.4, 0.5) is 0 Å². The van der Waals surface area contributed by atoms with Gasteiger partial charge in [0.25, 0.3) is 0 Å². The lowest BCUT2D eigenvalue weighted by Gasteiger charge is -2.30. The third-order valence-electron chi connectivity index (χ3n) is 4.57. The minimum atomic E-state index is 0.242. The quantitative estimate of drug-likeness (QED) is 0.873. The SMILES string of the molecule is Cc1cc(C)c2c(c1)CCN(C(=O)CCc1cncn1C)C2. The molecule has 2 heterocycles. The monoisotopic (exact) mass is 297 g/mol. The smallest absolute Gasteiger partial charge is 0.223 e. The van der Waals surface area contributed by atoms with Crippen molar-refractivity contribution >= 4 is 5.91 Å². The molecular weight excluding hydrogens is 274 g/mol. The highest BCUT2D eigenvalue weighted by Gasteiger charge is 2.22. The number of rotatable bonds is 3. The molecule has 0 atom stereocenters. The Labute approximate surface area is 131 Å². The molecule has 0 spiro atoms. The van der Waals surface area contributed by atoms with Crippen molar-refractivity contribution < 1.29 is 4.79 Å². The molecule has 4 nitrogen and oxygen atoms in total. The number of aromatic nitrogens is 2. The van der Waals surface area contributed by atoms with E-state index < -0.39 is 0 Å². The summed E-state index contributed by atoms with van der Waals surface area (Å²) in [4.78, 5) is 18.6. The van der Waals surface area contributed by atoms with Gasteiger partial charge in [0.2, 0.25) is 5.91 Å². The maximum absolute atomic E-state index is 12.5. The molecule has 22 heavy (non-hydrogen) atoms. The Morgan fingerprint density at radius 2 is 2.14 bits per heavy atom. The van der Waals surface area contributed by atoms with Gasteiger partial charge in [-0.15, -0.1) is 0 Å². The van der Waals surface area contributed by atoms with Gasteiger partial charge in [-0.3, -0.25) is 4.79 Å². The van der Waals surface area contributed by atoms with Gasteiger partial charge >= 0.3 is 0 Å². The first kappa shape index (κ1) is 14.8. The van der Waals surface area contributed by atoms with Gasteiger partial charge in [-0.05, 0) is 43.4 Å². The second kappa shape index (κ2) is 5.95. The molecule has 1 aliphatic rings. The Hall–Kier alpha value is -2.10. The van der Waals surface area contributed by atoms with Crippen molar-refractivity contribution in [1.29, 1.82) is 0 Å². The number of carbonyl (C=O) groups excluding carboxylic acids is 1. The molecule has 0 unspecified atom stereocenters. The van der Waals surface area contributed by atoms with Crippen LogP contribution >= 0.6 is 0 Å². The Kier molecular flexibility index (Phi) is 4.01. The molecule has 1 amide bonds. The first-order valence-electron chi connectivity index (χ1n) is 7.86. The van der Waals surface area contributed by atoms with E-state index in [1.807, 2.05) is 22.7 Å². The van der Waals surface area contributed by atoms with E-state index >= 15 is 0 Å². The Balaban J connectivity index is 1.66. The highest BCUT2D eigenvalue weighted by atomic mass is 16.2. The molecule has 2 aromatic rings. The van der Waals surface area contributed by atoms with Gasteiger partial charge < -0.3 is 9.47 Å². The molecule has 0 radical (unpaired) electrons. The molecule has 1 aliphatic heterocycles. The van der Waals surface area contributed by atoms with Crippen LogP contribution in [-0.2, 0) is 31.2 Å². The molecule has 0 saturated heterocycles. The minimum Gasteiger partial charge on any atom is -0.338 e. The summed E-state index contributed by atoms with van der Waals surface area (Å²) >= 11 is 0. The number of aryl methyl sites for hydroxylation is 4. The van der Waals surface area contributed by atoms with E-state index in [2.05, 4.69) is 31.0 Å². The van der Waals surface area contributed by atoms with Crippen LogP contribution < -0.4 is 0 Å². The molecule has 0 saturated carbocycles. The molecule has 4 heteroatoms. The van der Waals surface area contributed by atoms with Gasteiger partial charge in [0.1, 0.15) is 0 Å². The van der Waals surface area contributed by atoms with Crippen molar-refractivity contribution in [3.63, 3.8) is 0 Å². The summed E-state index contributed by atoms with van der Waals surface area (Å²) < 4.78 is 1.98. The summed E-state index contributed by atoms with van der Waals surface area (Å²) in [5.41, 5.74) is 6.47. The molecule has 116 valence electrons. The first-order valence-corrected chi connectivity index (χ1v) is 7.86. The number of amides is 1. The number of hydrogen-bond acceptors (Lipinski definition) is 2. The lowest BCUT2D eigenvalue weighted by molar-refractivity contribution is -0.132. The molecule has 0 bridgehead atoms. The van der Waals surface area contributed by atoms with Gasteiger partial charge in [-0.1, -0.05) is 17.7 Å². The number of benzene rings is 1. The summed E-state index contributed by atoms with van der Waals surface area (Å²) in [6, 6.07) is 4.47. The van der Waals surface area contributed by atoms with Gasteiger partial charge in [0.05, 0.1) is 6.33 Å². The van der Waals surface area contributed by atoms with E-state index in [0.29, 0.717) is 6.42 Å². The second-order valence-electron chi connectivity index (χ2n) is 6.28. The highest BCUT2D eigenvalue weighted by molar-refractivity contribution is 5.76. The van der Waals surface area contributed by atoms with Gasteiger partial charge in [-0.25, -0.2) is 4.98 Å². The predicted octanol–water partition coefficient (Wildman–Crippen LogP) is 2.55. The van der Waals surface area contributed by atoms with Crippen molar-refractivity contribution in [2.45, 2.75) is 39.7 Å². The zero-order valence-corrected chi connectivity index (χ0v) is 13.6. The average Bonchev–Trinajstić information content (AvgIpc) is 2.89. The first-order chi connectivity index (χ1) is 10.5. The second-order valence-corrected chi connectivity index (χ2v) is 6.28. The van der Waals surface area contributed by atoms with E-state index in [0.717, 1.165) is 31.6 Å². The summed E-state index contributed by atoms with van der Waals surface area (Å²) in [7, 11) is 1.97. The largest absolute Gasteiger partial charge is 0.338 e. The van der Waals surface area contributed by atoms with Crippen molar-refractivity contribution in [2.75, 3.05) is 6.54 Å². The minimum absolute atomic E-state index is 0.242. The fourth-order valence-corrected chi connectivity index (χ4v) is 3.29. The lowest BCUT2D eigenvalue weighted by Crippen LogP contribution is -2.36. The van der Waals surface area contributed by atoms with Crippen LogP contribution in [0.15, 0.2) is 24.7 Å². The fourth-order valence-electron chi connectivity index (χ4n) is 3.29. The van der Waals surface area contributed by atoms with Crippen LogP contribution in [0.3, 0.4) is 0 Å². The Morgan fingerprint density at radius 1 is 1.32 bits per heavy atom. The van der Waals surface area contributed by atoms with Crippen LogP contribution in [0.25, 0.3) is 0 Å². The lowest BCUT2D eigenvalue weighted by atomic mass is 9.93. The van der Waals surface area contributed by atoms with Crippen molar-refractivity contribution in [2.24, 2.45) is 7.05 Å². The maximum Gasteiger partial charge on any atom is 0.223 e.